The number of H-pyrrole nitrogens is 1. The molecule has 1 nitrogen and oxygen atoms in total. The lowest BCUT2D eigenvalue weighted by molar-refractivity contribution is 1.33. The SMILES string of the molecule is Cc1ccc(-c2csc(=S)[nH]2)c(C)c1. The summed E-state index contributed by atoms with van der Waals surface area (Å²) in [5.41, 5.74) is 4.94. The van der Waals surface area contributed by atoms with Crippen LogP contribution in [0.4, 0.5) is 0 Å². The monoisotopic (exact) mass is 221 g/mol. The number of thiazole rings is 1. The normalized spacial score (nSPS) is 10.4. The Morgan fingerprint density at radius 3 is 2.64 bits per heavy atom. The number of aromatic nitrogens is 1. The molecule has 72 valence electrons. The predicted octanol–water partition coefficient (Wildman–Crippen LogP) is 4.09. The van der Waals surface area contributed by atoms with E-state index >= 15 is 0 Å². The Morgan fingerprint density at radius 2 is 2.07 bits per heavy atom. The third kappa shape index (κ3) is 1.79. The van der Waals surface area contributed by atoms with Crippen molar-refractivity contribution in [3.8, 4) is 11.3 Å². The minimum absolute atomic E-state index is 0.833. The zero-order valence-corrected chi connectivity index (χ0v) is 9.76. The summed E-state index contributed by atoms with van der Waals surface area (Å²) in [4.78, 5) is 3.19. The fourth-order valence-electron chi connectivity index (χ4n) is 1.53. The van der Waals surface area contributed by atoms with Crippen LogP contribution < -0.4 is 0 Å². The second-order valence-electron chi connectivity index (χ2n) is 3.38. The predicted molar refractivity (Wildman–Crippen MR) is 64.4 cm³/mol. The summed E-state index contributed by atoms with van der Waals surface area (Å²) in [6.45, 7) is 4.23. The molecule has 2 rings (SSSR count). The molecule has 1 N–H and O–H groups in total. The number of hydrogen-bond acceptors (Lipinski definition) is 2. The smallest absolute Gasteiger partial charge is 0.158 e. The van der Waals surface area contributed by atoms with Gasteiger partial charge in [-0.3, -0.25) is 0 Å². The van der Waals surface area contributed by atoms with E-state index < -0.39 is 0 Å². The molecule has 1 heterocycles. The van der Waals surface area contributed by atoms with E-state index in [1.165, 1.54) is 16.7 Å². The summed E-state index contributed by atoms with van der Waals surface area (Å²) < 4.78 is 0.833. The molecule has 0 amide bonds. The van der Waals surface area contributed by atoms with Crippen molar-refractivity contribution < 1.29 is 0 Å². The molecular formula is C11H11NS2. The molecule has 0 unspecified atom stereocenters. The lowest BCUT2D eigenvalue weighted by atomic mass is 10.0. The van der Waals surface area contributed by atoms with Crippen molar-refractivity contribution in [2.24, 2.45) is 0 Å². The molecular weight excluding hydrogens is 210 g/mol. The van der Waals surface area contributed by atoms with Gasteiger partial charge in [0.2, 0.25) is 0 Å². The Morgan fingerprint density at radius 1 is 1.29 bits per heavy atom. The molecule has 0 aliphatic heterocycles. The Hall–Kier alpha value is -0.930. The molecule has 14 heavy (non-hydrogen) atoms. The van der Waals surface area contributed by atoms with Crippen molar-refractivity contribution in [3.63, 3.8) is 0 Å². The Labute approximate surface area is 92.4 Å². The molecule has 0 saturated carbocycles. The van der Waals surface area contributed by atoms with Crippen LogP contribution in [0.15, 0.2) is 23.6 Å². The van der Waals surface area contributed by atoms with Gasteiger partial charge in [0.15, 0.2) is 3.95 Å². The Bertz CT molecular complexity index is 508. The number of hydrogen-bond donors (Lipinski definition) is 1. The van der Waals surface area contributed by atoms with Gasteiger partial charge in [-0.1, -0.05) is 23.8 Å². The van der Waals surface area contributed by atoms with Gasteiger partial charge < -0.3 is 4.98 Å². The van der Waals surface area contributed by atoms with Crippen LogP contribution in [0.5, 0.6) is 0 Å². The highest BCUT2D eigenvalue weighted by molar-refractivity contribution is 7.73. The molecule has 2 aromatic rings. The van der Waals surface area contributed by atoms with Gasteiger partial charge in [0.1, 0.15) is 0 Å². The summed E-state index contributed by atoms with van der Waals surface area (Å²) in [7, 11) is 0. The van der Waals surface area contributed by atoms with Crippen LogP contribution >= 0.6 is 23.6 Å². The zero-order chi connectivity index (χ0) is 10.1. The first-order valence-electron chi connectivity index (χ1n) is 4.42. The second-order valence-corrected chi connectivity index (χ2v) is 4.93. The molecule has 0 aliphatic carbocycles. The van der Waals surface area contributed by atoms with Crippen molar-refractivity contribution in [2.45, 2.75) is 13.8 Å². The highest BCUT2D eigenvalue weighted by Gasteiger charge is 2.02. The molecule has 0 spiro atoms. The van der Waals surface area contributed by atoms with Crippen molar-refractivity contribution in [2.75, 3.05) is 0 Å². The number of aryl methyl sites for hydroxylation is 2. The average Bonchev–Trinajstić information content (AvgIpc) is 2.51. The molecule has 0 saturated heterocycles. The maximum atomic E-state index is 5.06. The van der Waals surface area contributed by atoms with Gasteiger partial charge in [0, 0.05) is 10.9 Å². The quantitative estimate of drug-likeness (QED) is 0.717. The molecule has 1 aromatic carbocycles. The van der Waals surface area contributed by atoms with Gasteiger partial charge in [-0.25, -0.2) is 0 Å². The topological polar surface area (TPSA) is 15.8 Å². The highest BCUT2D eigenvalue weighted by atomic mass is 32.1. The van der Waals surface area contributed by atoms with Crippen LogP contribution in [0.1, 0.15) is 11.1 Å². The van der Waals surface area contributed by atoms with E-state index in [-0.39, 0.29) is 0 Å². The summed E-state index contributed by atoms with van der Waals surface area (Å²) in [6, 6.07) is 6.44. The summed E-state index contributed by atoms with van der Waals surface area (Å²) in [6.07, 6.45) is 0. The summed E-state index contributed by atoms with van der Waals surface area (Å²) in [5, 5.41) is 2.07. The second kappa shape index (κ2) is 3.67. The van der Waals surface area contributed by atoms with E-state index in [1.54, 1.807) is 11.3 Å². The van der Waals surface area contributed by atoms with E-state index in [0.29, 0.717) is 0 Å². The number of rotatable bonds is 1. The van der Waals surface area contributed by atoms with Crippen LogP contribution in [0, 0.1) is 17.8 Å². The van der Waals surface area contributed by atoms with Crippen LogP contribution in [0.2, 0.25) is 0 Å². The van der Waals surface area contributed by atoms with Gasteiger partial charge in [-0.05, 0) is 31.6 Å². The van der Waals surface area contributed by atoms with E-state index in [9.17, 15) is 0 Å². The van der Waals surface area contributed by atoms with Gasteiger partial charge in [0.25, 0.3) is 0 Å². The van der Waals surface area contributed by atoms with Gasteiger partial charge in [0.05, 0.1) is 5.69 Å². The van der Waals surface area contributed by atoms with E-state index in [1.807, 2.05) is 0 Å². The Balaban J connectivity index is 2.57. The van der Waals surface area contributed by atoms with E-state index in [4.69, 9.17) is 12.2 Å². The first-order chi connectivity index (χ1) is 6.66. The average molecular weight is 221 g/mol. The van der Waals surface area contributed by atoms with Crippen LogP contribution in [-0.2, 0) is 0 Å². The van der Waals surface area contributed by atoms with Crippen molar-refractivity contribution in [3.05, 3.63) is 38.7 Å². The third-order valence-electron chi connectivity index (χ3n) is 2.19. The zero-order valence-electron chi connectivity index (χ0n) is 8.13. The lowest BCUT2D eigenvalue weighted by Crippen LogP contribution is -1.84. The van der Waals surface area contributed by atoms with Crippen molar-refractivity contribution in [1.29, 1.82) is 0 Å². The summed E-state index contributed by atoms with van der Waals surface area (Å²) in [5.74, 6) is 0. The first-order valence-corrected chi connectivity index (χ1v) is 5.71. The van der Waals surface area contributed by atoms with E-state index in [0.717, 1.165) is 9.65 Å². The van der Waals surface area contributed by atoms with Crippen LogP contribution in [0.25, 0.3) is 11.3 Å². The lowest BCUT2D eigenvalue weighted by Gasteiger charge is -2.03. The third-order valence-corrected chi connectivity index (χ3v) is 3.25. The standard InChI is InChI=1S/C11H11NS2/c1-7-3-4-9(8(2)5-7)10-6-14-11(13)12-10/h3-6H,1-2H3,(H,12,13). The van der Waals surface area contributed by atoms with Crippen molar-refractivity contribution in [1.82, 2.24) is 4.98 Å². The van der Waals surface area contributed by atoms with Gasteiger partial charge >= 0.3 is 0 Å². The first kappa shape index (κ1) is 9.62. The molecule has 0 bridgehead atoms. The molecule has 0 atom stereocenters. The number of aromatic amines is 1. The molecule has 0 fully saturated rings. The number of nitrogens with one attached hydrogen (secondary N) is 1. The minimum atomic E-state index is 0.833. The fourth-order valence-corrected chi connectivity index (χ4v) is 2.36. The fraction of sp³-hybridized carbons (Fsp3) is 0.182. The van der Waals surface area contributed by atoms with Crippen LogP contribution in [0.3, 0.4) is 0 Å². The maximum Gasteiger partial charge on any atom is 0.158 e. The minimum Gasteiger partial charge on any atom is -0.337 e. The van der Waals surface area contributed by atoms with Gasteiger partial charge in [-0.15, -0.1) is 11.3 Å². The van der Waals surface area contributed by atoms with Crippen molar-refractivity contribution >= 4 is 23.6 Å². The molecule has 0 aliphatic rings. The Kier molecular flexibility index (Phi) is 2.52. The van der Waals surface area contributed by atoms with Gasteiger partial charge in [-0.2, -0.15) is 0 Å². The molecule has 0 radical (unpaired) electrons. The summed E-state index contributed by atoms with van der Waals surface area (Å²) >= 11 is 6.64. The number of benzene rings is 1. The molecule has 1 aromatic heterocycles. The molecule has 3 heteroatoms. The highest BCUT2D eigenvalue weighted by Crippen LogP contribution is 2.24. The maximum absolute atomic E-state index is 5.06. The largest absolute Gasteiger partial charge is 0.337 e. The van der Waals surface area contributed by atoms with E-state index in [2.05, 4.69) is 42.4 Å². The van der Waals surface area contributed by atoms with Crippen LogP contribution in [-0.4, -0.2) is 4.98 Å².